The molecule has 28 heavy (non-hydrogen) atoms. The number of benzene rings is 1. The van der Waals surface area contributed by atoms with Crippen molar-refractivity contribution in [3.63, 3.8) is 0 Å². The van der Waals surface area contributed by atoms with E-state index in [1.54, 1.807) is 7.11 Å². The second-order valence-electron chi connectivity index (χ2n) is 8.57. The number of fused-ring (bicyclic) bond motifs is 2. The summed E-state index contributed by atoms with van der Waals surface area (Å²) < 4.78 is 6.12. The van der Waals surface area contributed by atoms with Gasteiger partial charge in [0.2, 0.25) is 0 Å². The Hall–Kier alpha value is -1.69. The molecule has 1 spiro atoms. The highest BCUT2D eigenvalue weighted by molar-refractivity contribution is 7.12. The third kappa shape index (κ3) is 3.10. The monoisotopic (exact) mass is 396 g/mol. The van der Waals surface area contributed by atoms with E-state index in [2.05, 4.69) is 34.5 Å². The molecule has 1 N–H and O–H groups in total. The molecule has 1 saturated carbocycles. The molecule has 2 aromatic rings. The number of likely N-dealkylation sites (tertiary alicyclic amines) is 1. The Kier molecular flexibility index (Phi) is 4.77. The number of hydrogen-bond donors (Lipinski definition) is 1. The highest BCUT2D eigenvalue weighted by Gasteiger charge is 2.54. The van der Waals surface area contributed by atoms with Gasteiger partial charge >= 0.3 is 0 Å². The van der Waals surface area contributed by atoms with Crippen LogP contribution < -0.4 is 5.32 Å². The first-order valence-corrected chi connectivity index (χ1v) is 11.3. The molecule has 1 aromatic carbocycles. The van der Waals surface area contributed by atoms with Gasteiger partial charge in [0, 0.05) is 19.1 Å². The Labute approximate surface area is 170 Å². The number of methoxy groups -OCH3 is 1. The number of hydrogen-bond acceptors (Lipinski definition) is 4. The minimum atomic E-state index is -0.0919. The summed E-state index contributed by atoms with van der Waals surface area (Å²) >= 11 is 1.48. The molecule has 5 heteroatoms. The third-order valence-electron chi connectivity index (χ3n) is 6.93. The first-order valence-electron chi connectivity index (χ1n) is 10.4. The quantitative estimate of drug-likeness (QED) is 0.831. The average Bonchev–Trinajstić information content (AvgIpc) is 3.28. The van der Waals surface area contributed by atoms with Crippen LogP contribution in [0.5, 0.6) is 0 Å². The van der Waals surface area contributed by atoms with Crippen LogP contribution in [-0.2, 0) is 10.2 Å². The van der Waals surface area contributed by atoms with Crippen LogP contribution in [0.4, 0.5) is 0 Å². The molecule has 5 rings (SSSR count). The summed E-state index contributed by atoms with van der Waals surface area (Å²) in [7, 11) is 1.80. The largest absolute Gasteiger partial charge is 0.378 e. The summed E-state index contributed by atoms with van der Waals surface area (Å²) in [5, 5.41) is 5.24. The van der Waals surface area contributed by atoms with E-state index < -0.39 is 0 Å². The SMILES string of the molecule is CO[C@@H]1[C@@H](NC(=O)c2cccs2)c2ccccc2C12CCN(CC1CC1)CC2. The van der Waals surface area contributed by atoms with Crippen LogP contribution >= 0.6 is 11.3 Å². The van der Waals surface area contributed by atoms with Crippen LogP contribution in [-0.4, -0.2) is 43.7 Å². The zero-order valence-corrected chi connectivity index (χ0v) is 17.2. The molecular formula is C23H28N2O2S. The van der Waals surface area contributed by atoms with Crippen molar-refractivity contribution in [3.05, 3.63) is 57.8 Å². The van der Waals surface area contributed by atoms with E-state index >= 15 is 0 Å². The van der Waals surface area contributed by atoms with E-state index in [9.17, 15) is 4.79 Å². The van der Waals surface area contributed by atoms with Gasteiger partial charge in [0.05, 0.1) is 17.0 Å². The lowest BCUT2D eigenvalue weighted by molar-refractivity contribution is -0.0116. The molecule has 0 unspecified atom stereocenters. The zero-order valence-electron chi connectivity index (χ0n) is 16.4. The molecule has 2 aliphatic carbocycles. The van der Waals surface area contributed by atoms with Gasteiger partial charge in [-0.2, -0.15) is 0 Å². The van der Waals surface area contributed by atoms with Crippen molar-refractivity contribution in [1.29, 1.82) is 0 Å². The summed E-state index contributed by atoms with van der Waals surface area (Å²) in [4.78, 5) is 16.2. The molecule has 3 aliphatic rings. The lowest BCUT2D eigenvalue weighted by Gasteiger charge is -2.44. The zero-order chi connectivity index (χ0) is 19.1. The van der Waals surface area contributed by atoms with E-state index in [0.717, 1.165) is 36.7 Å². The van der Waals surface area contributed by atoms with Crippen LogP contribution in [0.1, 0.15) is 52.5 Å². The summed E-state index contributed by atoms with van der Waals surface area (Å²) in [6.45, 7) is 3.50. The van der Waals surface area contributed by atoms with Crippen molar-refractivity contribution < 1.29 is 9.53 Å². The van der Waals surface area contributed by atoms with Gasteiger partial charge in [-0.05, 0) is 67.3 Å². The fraction of sp³-hybridized carbons (Fsp3) is 0.522. The van der Waals surface area contributed by atoms with Crippen LogP contribution in [0, 0.1) is 5.92 Å². The molecule has 1 saturated heterocycles. The molecule has 0 bridgehead atoms. The van der Waals surface area contributed by atoms with Gasteiger partial charge in [-0.3, -0.25) is 4.79 Å². The Balaban J connectivity index is 1.42. The van der Waals surface area contributed by atoms with Gasteiger partial charge in [0.25, 0.3) is 5.91 Å². The summed E-state index contributed by atoms with van der Waals surface area (Å²) in [6.07, 6.45) is 4.99. The molecule has 2 heterocycles. The molecule has 148 valence electrons. The molecule has 2 atom stereocenters. The lowest BCUT2D eigenvalue weighted by atomic mass is 9.72. The van der Waals surface area contributed by atoms with Gasteiger partial charge in [0.15, 0.2) is 0 Å². The van der Waals surface area contributed by atoms with Gasteiger partial charge in [-0.1, -0.05) is 30.3 Å². The van der Waals surface area contributed by atoms with Crippen molar-refractivity contribution >= 4 is 17.2 Å². The minimum absolute atomic E-state index is 0.0000671. The number of thiophene rings is 1. The number of rotatable bonds is 5. The first kappa shape index (κ1) is 18.3. The van der Waals surface area contributed by atoms with Crippen LogP contribution in [0.25, 0.3) is 0 Å². The highest BCUT2D eigenvalue weighted by Crippen LogP contribution is 2.52. The Bertz CT molecular complexity index is 838. The van der Waals surface area contributed by atoms with E-state index in [-0.39, 0.29) is 23.5 Å². The second kappa shape index (κ2) is 7.29. The molecule has 1 aromatic heterocycles. The van der Waals surface area contributed by atoms with Crippen molar-refractivity contribution in [2.75, 3.05) is 26.7 Å². The smallest absolute Gasteiger partial charge is 0.261 e. The van der Waals surface area contributed by atoms with Gasteiger partial charge < -0.3 is 15.0 Å². The Morgan fingerprint density at radius 1 is 1.21 bits per heavy atom. The first-order chi connectivity index (χ1) is 13.7. The van der Waals surface area contributed by atoms with Gasteiger partial charge in [-0.15, -0.1) is 11.3 Å². The molecule has 4 nitrogen and oxygen atoms in total. The van der Waals surface area contributed by atoms with E-state index in [1.807, 2.05) is 17.5 Å². The standard InChI is InChI=1S/C23H28N2O2S/c1-27-21-20(24-22(26)19-7-4-14-28-19)17-5-2-3-6-18(17)23(21)10-12-25(13-11-23)15-16-8-9-16/h2-7,14,16,20-21H,8-13,15H2,1H3,(H,24,26)/t20-,21+/m0/s1. The van der Waals surface area contributed by atoms with E-state index in [4.69, 9.17) is 4.74 Å². The van der Waals surface area contributed by atoms with Crippen molar-refractivity contribution in [3.8, 4) is 0 Å². The molecule has 0 radical (unpaired) electrons. The maximum absolute atomic E-state index is 12.8. The number of nitrogens with zero attached hydrogens (tertiary/aromatic N) is 1. The normalized spacial score (nSPS) is 26.3. The molecule has 2 fully saturated rings. The van der Waals surface area contributed by atoms with Crippen molar-refractivity contribution in [1.82, 2.24) is 10.2 Å². The fourth-order valence-corrected chi connectivity index (χ4v) is 5.97. The lowest BCUT2D eigenvalue weighted by Crippen LogP contribution is -2.50. The number of piperidine rings is 1. The number of amides is 1. The Morgan fingerprint density at radius 3 is 2.68 bits per heavy atom. The number of carbonyl (C=O) groups is 1. The summed E-state index contributed by atoms with van der Waals surface area (Å²) in [5.41, 5.74) is 2.61. The summed E-state index contributed by atoms with van der Waals surface area (Å²) in [5.74, 6) is 0.932. The fourth-order valence-electron chi connectivity index (χ4n) is 5.35. The van der Waals surface area contributed by atoms with Crippen molar-refractivity contribution in [2.24, 2.45) is 5.92 Å². The Morgan fingerprint density at radius 2 is 2.00 bits per heavy atom. The van der Waals surface area contributed by atoms with E-state index in [0.29, 0.717) is 0 Å². The highest BCUT2D eigenvalue weighted by atomic mass is 32.1. The molecular weight excluding hydrogens is 368 g/mol. The topological polar surface area (TPSA) is 41.6 Å². The predicted molar refractivity (Wildman–Crippen MR) is 112 cm³/mol. The summed E-state index contributed by atoms with van der Waals surface area (Å²) in [6, 6.07) is 12.4. The maximum atomic E-state index is 12.8. The number of ether oxygens (including phenoxy) is 1. The van der Waals surface area contributed by atoms with Gasteiger partial charge in [0.1, 0.15) is 0 Å². The van der Waals surface area contributed by atoms with Crippen molar-refractivity contribution in [2.45, 2.75) is 43.2 Å². The molecule has 1 amide bonds. The molecule has 1 aliphatic heterocycles. The van der Waals surface area contributed by atoms with Crippen LogP contribution in [0.3, 0.4) is 0 Å². The average molecular weight is 397 g/mol. The van der Waals surface area contributed by atoms with Gasteiger partial charge in [-0.25, -0.2) is 0 Å². The second-order valence-corrected chi connectivity index (χ2v) is 9.52. The van der Waals surface area contributed by atoms with Crippen LogP contribution in [0.15, 0.2) is 41.8 Å². The number of carbonyl (C=O) groups excluding carboxylic acids is 1. The van der Waals surface area contributed by atoms with E-state index in [1.165, 1.54) is 41.9 Å². The maximum Gasteiger partial charge on any atom is 0.261 e. The number of nitrogens with one attached hydrogen (secondary N) is 1. The van der Waals surface area contributed by atoms with Crippen LogP contribution in [0.2, 0.25) is 0 Å². The third-order valence-corrected chi connectivity index (χ3v) is 7.80. The minimum Gasteiger partial charge on any atom is -0.378 e. The predicted octanol–water partition coefficient (Wildman–Crippen LogP) is 3.99.